The molecule has 0 amide bonds. The average molecular weight is 269 g/mol. The normalized spacial score (nSPS) is 24.9. The van der Waals surface area contributed by atoms with Gasteiger partial charge in [0.2, 0.25) is 0 Å². The van der Waals surface area contributed by atoms with Crippen LogP contribution in [-0.4, -0.2) is 36.6 Å². The number of rotatable bonds is 1. The second kappa shape index (κ2) is 4.90. The van der Waals surface area contributed by atoms with E-state index in [2.05, 4.69) is 46.5 Å². The van der Waals surface area contributed by atoms with E-state index in [-0.39, 0.29) is 0 Å². The van der Waals surface area contributed by atoms with Crippen LogP contribution in [0.3, 0.4) is 0 Å². The molecule has 2 aromatic rings. The number of hydrogen-bond donors (Lipinski definition) is 2. The number of aromatic amines is 1. The van der Waals surface area contributed by atoms with E-state index in [4.69, 9.17) is 0 Å². The highest BCUT2D eigenvalue weighted by Crippen LogP contribution is 2.37. The van der Waals surface area contributed by atoms with E-state index in [1.54, 1.807) is 5.56 Å². The van der Waals surface area contributed by atoms with Gasteiger partial charge in [-0.3, -0.25) is 0 Å². The molecule has 1 saturated heterocycles. The first kappa shape index (κ1) is 12.4. The molecule has 2 N–H and O–H groups in total. The quantitative estimate of drug-likeness (QED) is 0.834. The average Bonchev–Trinajstić information content (AvgIpc) is 2.87. The van der Waals surface area contributed by atoms with Gasteiger partial charge in [0.25, 0.3) is 0 Å². The Balaban J connectivity index is 1.71. The molecular weight excluding hydrogens is 246 g/mol. The van der Waals surface area contributed by atoms with E-state index in [0.717, 1.165) is 18.9 Å². The van der Waals surface area contributed by atoms with Crippen molar-refractivity contribution in [1.29, 1.82) is 0 Å². The standard InChI is InChI=1S/C17H23N3/c1-20-10-7-12(8-11-20)16-17-14(6-9-18-16)13-4-2-3-5-15(13)19-17/h2-5,12,16,18-19H,6-11H2,1H3. The molecule has 4 rings (SSSR count). The monoisotopic (exact) mass is 269 g/mol. The Bertz CT molecular complexity index is 608. The highest BCUT2D eigenvalue weighted by molar-refractivity contribution is 5.85. The third kappa shape index (κ3) is 1.97. The minimum atomic E-state index is 0.528. The zero-order valence-electron chi connectivity index (χ0n) is 12.2. The van der Waals surface area contributed by atoms with E-state index in [1.165, 1.54) is 42.5 Å². The number of hydrogen-bond acceptors (Lipinski definition) is 2. The summed E-state index contributed by atoms with van der Waals surface area (Å²) in [5, 5.41) is 5.20. The van der Waals surface area contributed by atoms with Gasteiger partial charge in [-0.15, -0.1) is 0 Å². The lowest BCUT2D eigenvalue weighted by molar-refractivity contribution is 0.180. The zero-order valence-corrected chi connectivity index (χ0v) is 12.2. The number of nitrogens with zero attached hydrogens (tertiary/aromatic N) is 1. The molecule has 2 aliphatic rings. The summed E-state index contributed by atoms with van der Waals surface area (Å²) >= 11 is 0. The van der Waals surface area contributed by atoms with Crippen molar-refractivity contribution < 1.29 is 0 Å². The highest BCUT2D eigenvalue weighted by Gasteiger charge is 2.31. The maximum atomic E-state index is 3.77. The van der Waals surface area contributed by atoms with Crippen molar-refractivity contribution in [1.82, 2.24) is 15.2 Å². The van der Waals surface area contributed by atoms with Crippen molar-refractivity contribution in [2.75, 3.05) is 26.7 Å². The van der Waals surface area contributed by atoms with Crippen LogP contribution >= 0.6 is 0 Å². The van der Waals surface area contributed by atoms with Gasteiger partial charge < -0.3 is 15.2 Å². The first-order chi connectivity index (χ1) is 9.83. The molecule has 3 heteroatoms. The number of nitrogens with one attached hydrogen (secondary N) is 2. The number of piperidine rings is 1. The number of fused-ring (bicyclic) bond motifs is 3. The van der Waals surface area contributed by atoms with E-state index in [1.807, 2.05) is 0 Å². The summed E-state index contributed by atoms with van der Waals surface area (Å²) in [5.74, 6) is 0.776. The molecule has 106 valence electrons. The van der Waals surface area contributed by atoms with Gasteiger partial charge in [0.1, 0.15) is 0 Å². The van der Waals surface area contributed by atoms with Crippen LogP contribution in [0.4, 0.5) is 0 Å². The van der Waals surface area contributed by atoms with E-state index in [9.17, 15) is 0 Å². The maximum Gasteiger partial charge on any atom is 0.0505 e. The molecule has 3 nitrogen and oxygen atoms in total. The Hall–Kier alpha value is -1.32. The molecule has 20 heavy (non-hydrogen) atoms. The SMILES string of the molecule is CN1CCC(C2NCCc3c2[nH]c2ccccc32)CC1. The summed E-state index contributed by atoms with van der Waals surface area (Å²) in [4.78, 5) is 6.15. The fourth-order valence-corrected chi connectivity index (χ4v) is 3.97. The van der Waals surface area contributed by atoms with E-state index in [0.29, 0.717) is 6.04 Å². The summed E-state index contributed by atoms with van der Waals surface area (Å²) in [5.41, 5.74) is 4.33. The van der Waals surface area contributed by atoms with Crippen LogP contribution in [0.2, 0.25) is 0 Å². The van der Waals surface area contributed by atoms with Crippen LogP contribution in [0.1, 0.15) is 30.1 Å². The van der Waals surface area contributed by atoms with Crippen molar-refractivity contribution in [3.63, 3.8) is 0 Å². The van der Waals surface area contributed by atoms with Gasteiger partial charge in [-0.2, -0.15) is 0 Å². The van der Waals surface area contributed by atoms with Crippen molar-refractivity contribution in [2.24, 2.45) is 5.92 Å². The fraction of sp³-hybridized carbons (Fsp3) is 0.529. The van der Waals surface area contributed by atoms with Gasteiger partial charge in [-0.25, -0.2) is 0 Å². The molecule has 1 unspecified atom stereocenters. The smallest absolute Gasteiger partial charge is 0.0505 e. The van der Waals surface area contributed by atoms with Gasteiger partial charge in [0, 0.05) is 16.6 Å². The minimum absolute atomic E-state index is 0.528. The van der Waals surface area contributed by atoms with Crippen LogP contribution in [0.15, 0.2) is 24.3 Å². The Morgan fingerprint density at radius 3 is 2.80 bits per heavy atom. The molecule has 1 atom stereocenters. The summed E-state index contributed by atoms with van der Waals surface area (Å²) in [6.07, 6.45) is 3.77. The largest absolute Gasteiger partial charge is 0.357 e. The van der Waals surface area contributed by atoms with Gasteiger partial charge in [0.15, 0.2) is 0 Å². The van der Waals surface area contributed by atoms with Crippen molar-refractivity contribution >= 4 is 10.9 Å². The predicted octanol–water partition coefficient (Wildman–Crippen LogP) is 2.70. The molecule has 0 radical (unpaired) electrons. The van der Waals surface area contributed by atoms with Crippen molar-refractivity contribution in [2.45, 2.75) is 25.3 Å². The summed E-state index contributed by atoms with van der Waals surface area (Å²) < 4.78 is 0. The Morgan fingerprint density at radius 2 is 1.95 bits per heavy atom. The lowest BCUT2D eigenvalue weighted by Crippen LogP contribution is -2.40. The van der Waals surface area contributed by atoms with Crippen LogP contribution in [-0.2, 0) is 6.42 Å². The molecule has 0 spiro atoms. The topological polar surface area (TPSA) is 31.1 Å². The first-order valence-corrected chi connectivity index (χ1v) is 7.84. The van der Waals surface area contributed by atoms with Crippen molar-refractivity contribution in [3.05, 3.63) is 35.5 Å². The molecule has 0 aliphatic carbocycles. The molecule has 1 fully saturated rings. The second-order valence-electron chi connectivity index (χ2n) is 6.39. The lowest BCUT2D eigenvalue weighted by Gasteiger charge is -2.36. The van der Waals surface area contributed by atoms with E-state index < -0.39 is 0 Å². The van der Waals surface area contributed by atoms with Crippen LogP contribution in [0.25, 0.3) is 10.9 Å². The molecule has 2 aliphatic heterocycles. The van der Waals surface area contributed by atoms with Crippen LogP contribution in [0.5, 0.6) is 0 Å². The minimum Gasteiger partial charge on any atom is -0.357 e. The number of H-pyrrole nitrogens is 1. The highest BCUT2D eigenvalue weighted by atomic mass is 15.1. The van der Waals surface area contributed by atoms with Gasteiger partial charge >= 0.3 is 0 Å². The molecule has 3 heterocycles. The summed E-state index contributed by atoms with van der Waals surface area (Å²) in [7, 11) is 2.24. The number of aromatic nitrogens is 1. The first-order valence-electron chi connectivity index (χ1n) is 7.84. The molecule has 1 aromatic carbocycles. The van der Waals surface area contributed by atoms with Crippen LogP contribution < -0.4 is 5.32 Å². The molecular formula is C17H23N3. The Morgan fingerprint density at radius 1 is 1.15 bits per heavy atom. The predicted molar refractivity (Wildman–Crippen MR) is 83.0 cm³/mol. The lowest BCUT2D eigenvalue weighted by atomic mass is 9.84. The third-order valence-electron chi connectivity index (χ3n) is 5.13. The summed E-state index contributed by atoms with van der Waals surface area (Å²) in [6, 6.07) is 9.28. The number of para-hydroxylation sites is 1. The molecule has 1 aromatic heterocycles. The second-order valence-corrected chi connectivity index (χ2v) is 6.39. The maximum absolute atomic E-state index is 3.77. The molecule has 0 saturated carbocycles. The van der Waals surface area contributed by atoms with Gasteiger partial charge in [-0.1, -0.05) is 18.2 Å². The van der Waals surface area contributed by atoms with Gasteiger partial charge in [0.05, 0.1) is 6.04 Å². The third-order valence-corrected chi connectivity index (χ3v) is 5.13. The zero-order chi connectivity index (χ0) is 13.5. The summed E-state index contributed by atoms with van der Waals surface area (Å²) in [6.45, 7) is 3.59. The van der Waals surface area contributed by atoms with Gasteiger partial charge in [-0.05, 0) is 63.5 Å². The fourth-order valence-electron chi connectivity index (χ4n) is 3.97. The molecule has 0 bridgehead atoms. The Labute approximate surface area is 120 Å². The van der Waals surface area contributed by atoms with Crippen molar-refractivity contribution in [3.8, 4) is 0 Å². The Kier molecular flexibility index (Phi) is 3.04. The number of benzene rings is 1. The van der Waals surface area contributed by atoms with E-state index >= 15 is 0 Å². The van der Waals surface area contributed by atoms with Crippen LogP contribution in [0, 0.1) is 5.92 Å². The number of likely N-dealkylation sites (tertiary alicyclic amines) is 1.